The number of alkyl halides is 9. The van der Waals surface area contributed by atoms with Crippen molar-refractivity contribution in [3.8, 4) is 5.69 Å². The molecule has 1 heterocycles. The summed E-state index contributed by atoms with van der Waals surface area (Å²) in [6.45, 7) is 0. The lowest BCUT2D eigenvalue weighted by Crippen LogP contribution is -2.29. The SMILES string of the molecule is O=c1c(C(F)(F)F)cc(C(F)(F)F)cn1-c1c(Cl)cc(C(F)(F)F)cc1Cl. The highest BCUT2D eigenvalue weighted by molar-refractivity contribution is 6.37. The molecular formula is C14H4Cl2F9NO. The number of nitrogens with zero attached hydrogens (tertiary/aromatic N) is 1. The fourth-order valence-corrected chi connectivity index (χ4v) is 2.73. The van der Waals surface area contributed by atoms with Crippen LogP contribution in [0.25, 0.3) is 5.69 Å². The summed E-state index contributed by atoms with van der Waals surface area (Å²) in [7, 11) is 0. The Kier molecular flexibility index (Phi) is 5.25. The van der Waals surface area contributed by atoms with E-state index in [1.54, 1.807) is 0 Å². The van der Waals surface area contributed by atoms with Gasteiger partial charge in [-0.15, -0.1) is 0 Å². The van der Waals surface area contributed by atoms with Crippen LogP contribution in [-0.2, 0) is 18.5 Å². The lowest BCUT2D eigenvalue weighted by molar-refractivity contribution is -0.144. The Labute approximate surface area is 153 Å². The molecule has 1 aromatic carbocycles. The summed E-state index contributed by atoms with van der Waals surface area (Å²) in [4.78, 5) is 12.0. The zero-order valence-electron chi connectivity index (χ0n) is 12.3. The number of pyridine rings is 1. The van der Waals surface area contributed by atoms with Crippen molar-refractivity contribution in [3.63, 3.8) is 0 Å². The molecule has 2 aromatic rings. The van der Waals surface area contributed by atoms with Gasteiger partial charge in [0.05, 0.1) is 26.9 Å². The summed E-state index contributed by atoms with van der Waals surface area (Å²) in [6, 6.07) is 0.0379. The first-order valence-electron chi connectivity index (χ1n) is 6.51. The van der Waals surface area contributed by atoms with Gasteiger partial charge >= 0.3 is 18.5 Å². The molecule has 1 aromatic heterocycles. The largest absolute Gasteiger partial charge is 0.421 e. The Morgan fingerprint density at radius 2 is 1.15 bits per heavy atom. The Balaban J connectivity index is 2.89. The lowest BCUT2D eigenvalue weighted by Gasteiger charge is -2.18. The summed E-state index contributed by atoms with van der Waals surface area (Å²) >= 11 is 11.1. The van der Waals surface area contributed by atoms with Crippen molar-refractivity contribution in [3.05, 3.63) is 61.5 Å². The molecule has 2 rings (SSSR count). The molecule has 0 spiro atoms. The average Bonchev–Trinajstić information content (AvgIpc) is 2.44. The maximum Gasteiger partial charge on any atom is 0.421 e. The van der Waals surface area contributed by atoms with E-state index in [1.165, 1.54) is 0 Å². The van der Waals surface area contributed by atoms with Gasteiger partial charge in [-0.2, -0.15) is 39.5 Å². The zero-order chi connectivity index (χ0) is 20.9. The molecule has 0 N–H and O–H groups in total. The molecule has 0 atom stereocenters. The first-order chi connectivity index (χ1) is 12.0. The molecule has 2 nitrogen and oxygen atoms in total. The van der Waals surface area contributed by atoms with E-state index in [0.717, 1.165) is 0 Å². The minimum Gasteiger partial charge on any atom is -0.280 e. The van der Waals surface area contributed by atoms with E-state index in [9.17, 15) is 44.3 Å². The van der Waals surface area contributed by atoms with Crippen LogP contribution in [0.3, 0.4) is 0 Å². The molecule has 0 unspecified atom stereocenters. The molecule has 13 heteroatoms. The minimum absolute atomic E-state index is 0.0298. The van der Waals surface area contributed by atoms with E-state index in [0.29, 0.717) is 0 Å². The third-order valence-corrected chi connectivity index (χ3v) is 3.81. The molecular weight excluding hydrogens is 440 g/mol. The van der Waals surface area contributed by atoms with Crippen LogP contribution in [0.1, 0.15) is 16.7 Å². The highest BCUT2D eigenvalue weighted by atomic mass is 35.5. The second kappa shape index (κ2) is 6.62. The Morgan fingerprint density at radius 1 is 0.704 bits per heavy atom. The Bertz CT molecular complexity index is 919. The summed E-state index contributed by atoms with van der Waals surface area (Å²) in [6.07, 6.45) is -15.7. The van der Waals surface area contributed by atoms with Crippen LogP contribution in [0, 0.1) is 0 Å². The van der Waals surface area contributed by atoms with Crippen LogP contribution < -0.4 is 5.56 Å². The smallest absolute Gasteiger partial charge is 0.280 e. The standard InChI is InChI=1S/C14H4Cl2F9NO/c15-8-2-5(12(17,18)19)3-9(16)10(8)26-4-6(13(20,21)22)1-7(11(26)27)14(23,24)25/h1-4H. The Hall–Kier alpha value is -1.88. The lowest BCUT2D eigenvalue weighted by atomic mass is 10.1. The number of benzene rings is 1. The van der Waals surface area contributed by atoms with Gasteiger partial charge in [0.2, 0.25) is 0 Å². The van der Waals surface area contributed by atoms with Gasteiger partial charge in [0.15, 0.2) is 0 Å². The number of aromatic nitrogens is 1. The maximum absolute atomic E-state index is 12.9. The number of rotatable bonds is 1. The van der Waals surface area contributed by atoms with Crippen molar-refractivity contribution in [1.29, 1.82) is 0 Å². The van der Waals surface area contributed by atoms with Crippen molar-refractivity contribution in [2.24, 2.45) is 0 Å². The molecule has 27 heavy (non-hydrogen) atoms. The van der Waals surface area contributed by atoms with Gasteiger partial charge in [0.1, 0.15) is 5.56 Å². The first-order valence-corrected chi connectivity index (χ1v) is 7.26. The van der Waals surface area contributed by atoms with Gasteiger partial charge in [-0.25, -0.2) is 0 Å². The summed E-state index contributed by atoms with van der Waals surface area (Å²) < 4.78 is 116. The predicted molar refractivity (Wildman–Crippen MR) is 77.1 cm³/mol. The van der Waals surface area contributed by atoms with Crippen LogP contribution in [0.15, 0.2) is 29.2 Å². The molecule has 0 fully saturated rings. The van der Waals surface area contributed by atoms with Gasteiger partial charge in [-0.1, -0.05) is 23.2 Å². The van der Waals surface area contributed by atoms with Gasteiger partial charge in [-0.05, 0) is 18.2 Å². The van der Waals surface area contributed by atoms with Crippen LogP contribution in [0.4, 0.5) is 39.5 Å². The fourth-order valence-electron chi connectivity index (χ4n) is 2.07. The molecule has 0 amide bonds. The topological polar surface area (TPSA) is 22.0 Å². The first kappa shape index (κ1) is 21.4. The van der Waals surface area contributed by atoms with Gasteiger partial charge in [0, 0.05) is 6.20 Å². The van der Waals surface area contributed by atoms with Gasteiger partial charge in [0.25, 0.3) is 5.56 Å². The molecule has 0 aliphatic carbocycles. The van der Waals surface area contributed by atoms with Crippen molar-refractivity contribution in [1.82, 2.24) is 4.57 Å². The van der Waals surface area contributed by atoms with E-state index >= 15 is 0 Å². The quantitative estimate of drug-likeness (QED) is 0.481. The van der Waals surface area contributed by atoms with E-state index < -0.39 is 62.6 Å². The fraction of sp³-hybridized carbons (Fsp3) is 0.214. The summed E-state index contributed by atoms with van der Waals surface area (Å²) in [5.74, 6) is 0. The van der Waals surface area contributed by atoms with Crippen molar-refractivity contribution < 1.29 is 39.5 Å². The van der Waals surface area contributed by atoms with Crippen molar-refractivity contribution in [2.45, 2.75) is 18.5 Å². The van der Waals surface area contributed by atoms with Crippen molar-refractivity contribution >= 4 is 23.2 Å². The normalized spacial score (nSPS) is 13.1. The third kappa shape index (κ3) is 4.34. The molecule has 0 aliphatic heterocycles. The minimum atomic E-state index is -5.47. The summed E-state index contributed by atoms with van der Waals surface area (Å²) in [5, 5.41) is -1.94. The van der Waals surface area contributed by atoms with Gasteiger partial charge in [-0.3, -0.25) is 9.36 Å². The molecule has 0 saturated carbocycles. The molecule has 0 aliphatic rings. The van der Waals surface area contributed by atoms with E-state index in [4.69, 9.17) is 23.2 Å². The maximum atomic E-state index is 12.9. The molecule has 0 saturated heterocycles. The summed E-state index contributed by atoms with van der Waals surface area (Å²) in [5.41, 5.74) is -8.41. The highest BCUT2D eigenvalue weighted by Crippen LogP contribution is 2.39. The highest BCUT2D eigenvalue weighted by Gasteiger charge is 2.40. The Morgan fingerprint density at radius 3 is 1.52 bits per heavy atom. The molecule has 0 radical (unpaired) electrons. The van der Waals surface area contributed by atoms with Crippen molar-refractivity contribution in [2.75, 3.05) is 0 Å². The van der Waals surface area contributed by atoms with Crippen LogP contribution in [0.5, 0.6) is 0 Å². The monoisotopic (exact) mass is 443 g/mol. The second-order valence-corrected chi connectivity index (χ2v) is 5.91. The number of halogens is 11. The van der Waals surface area contributed by atoms with Crippen LogP contribution >= 0.6 is 23.2 Å². The van der Waals surface area contributed by atoms with E-state index in [1.807, 2.05) is 0 Å². The third-order valence-electron chi connectivity index (χ3n) is 3.24. The second-order valence-electron chi connectivity index (χ2n) is 5.10. The van der Waals surface area contributed by atoms with Crippen LogP contribution in [0.2, 0.25) is 10.0 Å². The van der Waals surface area contributed by atoms with Gasteiger partial charge < -0.3 is 0 Å². The van der Waals surface area contributed by atoms with E-state index in [2.05, 4.69) is 0 Å². The number of hydrogen-bond acceptors (Lipinski definition) is 1. The molecule has 148 valence electrons. The predicted octanol–water partition coefficient (Wildman–Crippen LogP) is 6.20. The van der Waals surface area contributed by atoms with E-state index in [-0.39, 0.29) is 22.9 Å². The van der Waals surface area contributed by atoms with Crippen LogP contribution in [-0.4, -0.2) is 4.57 Å². The number of hydrogen-bond donors (Lipinski definition) is 0. The average molecular weight is 444 g/mol. The molecule has 0 bridgehead atoms. The zero-order valence-corrected chi connectivity index (χ0v) is 13.8.